The quantitative estimate of drug-likeness (QED) is 0.777. The lowest BCUT2D eigenvalue weighted by Gasteiger charge is -2.46. The Bertz CT molecular complexity index is 204. The lowest BCUT2D eigenvalue weighted by Crippen LogP contribution is -2.59. The predicted molar refractivity (Wildman–Crippen MR) is 68.8 cm³/mol. The molecule has 0 amide bonds. The van der Waals surface area contributed by atoms with E-state index in [0.29, 0.717) is 12.1 Å². The molecule has 0 saturated carbocycles. The van der Waals surface area contributed by atoms with E-state index in [-0.39, 0.29) is 5.54 Å². The zero-order valence-electron chi connectivity index (χ0n) is 11.5. The monoisotopic (exact) mass is 228 g/mol. The number of nitrogens with one attached hydrogen (secondary N) is 1. The molecule has 0 radical (unpaired) electrons. The number of hydrogen-bond donors (Lipinski definition) is 1. The fourth-order valence-corrected chi connectivity index (χ4v) is 2.39. The molecule has 1 unspecified atom stereocenters. The Kier molecular flexibility index (Phi) is 5.22. The number of nitrogens with zero attached hydrogens (tertiary/aromatic N) is 1. The minimum absolute atomic E-state index is 0.178. The van der Waals surface area contributed by atoms with Gasteiger partial charge in [-0.2, -0.15) is 0 Å². The Morgan fingerprint density at radius 3 is 2.56 bits per heavy atom. The highest BCUT2D eigenvalue weighted by atomic mass is 16.5. The topological polar surface area (TPSA) is 24.5 Å². The van der Waals surface area contributed by atoms with Crippen molar-refractivity contribution in [3.8, 4) is 0 Å². The van der Waals surface area contributed by atoms with Crippen molar-refractivity contribution in [2.75, 3.05) is 26.3 Å². The van der Waals surface area contributed by atoms with Crippen LogP contribution in [0.2, 0.25) is 0 Å². The molecule has 1 aliphatic heterocycles. The molecule has 16 heavy (non-hydrogen) atoms. The molecule has 0 spiro atoms. The van der Waals surface area contributed by atoms with Crippen molar-refractivity contribution >= 4 is 0 Å². The number of rotatable bonds is 5. The molecular formula is C13H28N2O. The van der Waals surface area contributed by atoms with Crippen molar-refractivity contribution in [1.29, 1.82) is 0 Å². The Morgan fingerprint density at radius 1 is 1.38 bits per heavy atom. The summed E-state index contributed by atoms with van der Waals surface area (Å²) in [4.78, 5) is 2.60. The molecule has 3 nitrogen and oxygen atoms in total. The van der Waals surface area contributed by atoms with Gasteiger partial charge in [-0.05, 0) is 20.3 Å². The van der Waals surface area contributed by atoms with Crippen molar-refractivity contribution in [3.63, 3.8) is 0 Å². The molecule has 0 bridgehead atoms. The molecule has 1 rings (SSSR count). The SMILES string of the molecule is CCC(CNC(C)C)N1CCOCC1(C)C. The van der Waals surface area contributed by atoms with Crippen molar-refractivity contribution in [2.45, 2.75) is 58.7 Å². The van der Waals surface area contributed by atoms with Crippen LogP contribution in [0.5, 0.6) is 0 Å². The summed E-state index contributed by atoms with van der Waals surface area (Å²) in [5.74, 6) is 0. The molecule has 0 aromatic heterocycles. The first-order valence-electron chi connectivity index (χ1n) is 6.55. The van der Waals surface area contributed by atoms with Crippen LogP contribution in [-0.2, 0) is 4.74 Å². The molecule has 0 aliphatic carbocycles. The summed E-state index contributed by atoms with van der Waals surface area (Å²) in [5, 5.41) is 3.55. The highest BCUT2D eigenvalue weighted by molar-refractivity contribution is 4.89. The lowest BCUT2D eigenvalue weighted by atomic mass is 9.98. The summed E-state index contributed by atoms with van der Waals surface area (Å²) in [6.07, 6.45) is 1.20. The number of hydrogen-bond acceptors (Lipinski definition) is 3. The van der Waals surface area contributed by atoms with Gasteiger partial charge in [-0.1, -0.05) is 20.8 Å². The third kappa shape index (κ3) is 3.72. The van der Waals surface area contributed by atoms with Crippen LogP contribution in [0.1, 0.15) is 41.0 Å². The maximum atomic E-state index is 5.57. The fourth-order valence-electron chi connectivity index (χ4n) is 2.39. The molecule has 1 fully saturated rings. The molecule has 1 N–H and O–H groups in total. The molecule has 1 saturated heterocycles. The van der Waals surface area contributed by atoms with Crippen LogP contribution >= 0.6 is 0 Å². The van der Waals surface area contributed by atoms with Gasteiger partial charge in [0.25, 0.3) is 0 Å². The molecule has 1 heterocycles. The Labute approximate surface area is 101 Å². The smallest absolute Gasteiger partial charge is 0.0645 e. The predicted octanol–water partition coefficient (Wildman–Crippen LogP) is 1.87. The van der Waals surface area contributed by atoms with Crippen molar-refractivity contribution in [1.82, 2.24) is 10.2 Å². The van der Waals surface area contributed by atoms with Crippen LogP contribution in [0.3, 0.4) is 0 Å². The van der Waals surface area contributed by atoms with Gasteiger partial charge in [0.1, 0.15) is 0 Å². The molecule has 0 aromatic carbocycles. The molecule has 1 aliphatic rings. The van der Waals surface area contributed by atoms with Crippen LogP contribution < -0.4 is 5.32 Å². The zero-order valence-corrected chi connectivity index (χ0v) is 11.5. The third-order valence-corrected chi connectivity index (χ3v) is 3.38. The van der Waals surface area contributed by atoms with Gasteiger partial charge in [0.2, 0.25) is 0 Å². The van der Waals surface area contributed by atoms with E-state index in [9.17, 15) is 0 Å². The molecule has 3 heteroatoms. The van der Waals surface area contributed by atoms with Crippen molar-refractivity contribution < 1.29 is 4.74 Å². The highest BCUT2D eigenvalue weighted by Gasteiger charge is 2.34. The number of morpholine rings is 1. The van der Waals surface area contributed by atoms with Crippen molar-refractivity contribution in [2.24, 2.45) is 0 Å². The van der Waals surface area contributed by atoms with Crippen LogP contribution in [0.15, 0.2) is 0 Å². The first kappa shape index (κ1) is 13.9. The maximum Gasteiger partial charge on any atom is 0.0645 e. The molecule has 96 valence electrons. The van der Waals surface area contributed by atoms with E-state index in [2.05, 4.69) is 44.8 Å². The van der Waals surface area contributed by atoms with E-state index < -0.39 is 0 Å². The first-order chi connectivity index (χ1) is 7.47. The molecule has 0 aromatic rings. The third-order valence-electron chi connectivity index (χ3n) is 3.38. The first-order valence-corrected chi connectivity index (χ1v) is 6.55. The van der Waals surface area contributed by atoms with Crippen LogP contribution in [0.4, 0.5) is 0 Å². The second-order valence-corrected chi connectivity index (χ2v) is 5.68. The lowest BCUT2D eigenvalue weighted by molar-refractivity contribution is -0.0723. The fraction of sp³-hybridized carbons (Fsp3) is 1.00. The van der Waals surface area contributed by atoms with Gasteiger partial charge in [-0.25, -0.2) is 0 Å². The summed E-state index contributed by atoms with van der Waals surface area (Å²) < 4.78 is 5.57. The summed E-state index contributed by atoms with van der Waals surface area (Å²) in [7, 11) is 0. The Balaban J connectivity index is 2.56. The van der Waals surface area contributed by atoms with Gasteiger partial charge in [-0.3, -0.25) is 4.90 Å². The zero-order chi connectivity index (χ0) is 12.2. The Morgan fingerprint density at radius 2 is 2.06 bits per heavy atom. The average molecular weight is 228 g/mol. The van der Waals surface area contributed by atoms with Gasteiger partial charge < -0.3 is 10.1 Å². The van der Waals surface area contributed by atoms with Crippen LogP contribution in [0.25, 0.3) is 0 Å². The number of ether oxygens (including phenoxy) is 1. The van der Waals surface area contributed by atoms with E-state index in [1.807, 2.05) is 0 Å². The standard InChI is InChI=1S/C13H28N2O/c1-6-12(9-14-11(2)3)15-7-8-16-10-13(15,4)5/h11-12,14H,6-10H2,1-5H3. The van der Waals surface area contributed by atoms with E-state index in [1.165, 1.54) is 6.42 Å². The largest absolute Gasteiger partial charge is 0.378 e. The second-order valence-electron chi connectivity index (χ2n) is 5.68. The molecular weight excluding hydrogens is 200 g/mol. The maximum absolute atomic E-state index is 5.57. The van der Waals surface area contributed by atoms with Gasteiger partial charge in [0.05, 0.1) is 13.2 Å². The van der Waals surface area contributed by atoms with E-state index in [0.717, 1.165) is 26.3 Å². The summed E-state index contributed by atoms with van der Waals surface area (Å²) in [5.41, 5.74) is 0.178. The van der Waals surface area contributed by atoms with Gasteiger partial charge in [-0.15, -0.1) is 0 Å². The minimum Gasteiger partial charge on any atom is -0.378 e. The van der Waals surface area contributed by atoms with Gasteiger partial charge in [0.15, 0.2) is 0 Å². The minimum atomic E-state index is 0.178. The van der Waals surface area contributed by atoms with Gasteiger partial charge >= 0.3 is 0 Å². The summed E-state index contributed by atoms with van der Waals surface area (Å²) in [6.45, 7) is 15.1. The van der Waals surface area contributed by atoms with Gasteiger partial charge in [0, 0.05) is 30.7 Å². The highest BCUT2D eigenvalue weighted by Crippen LogP contribution is 2.22. The molecule has 1 atom stereocenters. The van der Waals surface area contributed by atoms with E-state index in [1.54, 1.807) is 0 Å². The van der Waals surface area contributed by atoms with Crippen LogP contribution in [-0.4, -0.2) is 48.8 Å². The Hall–Kier alpha value is -0.120. The van der Waals surface area contributed by atoms with Crippen LogP contribution in [0, 0.1) is 0 Å². The second kappa shape index (κ2) is 5.99. The normalized spacial score (nSPS) is 23.6. The van der Waals surface area contributed by atoms with E-state index >= 15 is 0 Å². The summed E-state index contributed by atoms with van der Waals surface area (Å²) in [6, 6.07) is 1.19. The summed E-state index contributed by atoms with van der Waals surface area (Å²) >= 11 is 0. The van der Waals surface area contributed by atoms with E-state index in [4.69, 9.17) is 4.74 Å². The average Bonchev–Trinajstić information content (AvgIpc) is 2.20. The van der Waals surface area contributed by atoms with Crippen molar-refractivity contribution in [3.05, 3.63) is 0 Å².